The van der Waals surface area contributed by atoms with Crippen LogP contribution in [-0.4, -0.2) is 25.7 Å². The van der Waals surface area contributed by atoms with Gasteiger partial charge in [0.15, 0.2) is 5.13 Å². The first-order valence-corrected chi connectivity index (χ1v) is 4.91. The summed E-state index contributed by atoms with van der Waals surface area (Å²) in [6.07, 6.45) is 1.35. The van der Waals surface area contributed by atoms with Gasteiger partial charge in [-0.25, -0.2) is 9.67 Å². The van der Waals surface area contributed by atoms with E-state index in [0.29, 0.717) is 11.1 Å². The molecule has 78 valence electrons. The van der Waals surface area contributed by atoms with Gasteiger partial charge in [0.2, 0.25) is 5.95 Å². The van der Waals surface area contributed by atoms with Crippen molar-refractivity contribution in [2.75, 3.05) is 11.1 Å². The predicted octanol–water partition coefficient (Wildman–Crippen LogP) is 0.106. The molecule has 15 heavy (non-hydrogen) atoms. The van der Waals surface area contributed by atoms with Gasteiger partial charge in [0.05, 0.1) is 0 Å². The molecule has 0 unspecified atom stereocenters. The van der Waals surface area contributed by atoms with E-state index in [1.807, 2.05) is 0 Å². The Morgan fingerprint density at radius 1 is 1.67 bits per heavy atom. The maximum Gasteiger partial charge on any atom is 0.277 e. The molecular weight excluding hydrogens is 216 g/mol. The molecule has 2 aromatic heterocycles. The number of carbonyl (C=O) groups excluding carboxylic acids is 1. The summed E-state index contributed by atoms with van der Waals surface area (Å²) in [6, 6.07) is 0. The van der Waals surface area contributed by atoms with E-state index in [9.17, 15) is 4.79 Å². The van der Waals surface area contributed by atoms with E-state index in [1.54, 1.807) is 12.4 Å². The fraction of sp³-hybridized carbons (Fsp3) is 0.143. The largest absolute Gasteiger partial charge is 0.375 e. The zero-order chi connectivity index (χ0) is 10.8. The molecule has 0 aliphatic carbocycles. The Morgan fingerprint density at radius 3 is 3.00 bits per heavy atom. The Hall–Kier alpha value is -1.96. The van der Waals surface area contributed by atoms with E-state index in [0.717, 1.165) is 0 Å². The fourth-order valence-corrected chi connectivity index (χ4v) is 1.51. The molecule has 0 aliphatic rings. The van der Waals surface area contributed by atoms with Gasteiger partial charge in [-0.2, -0.15) is 10.1 Å². The van der Waals surface area contributed by atoms with Crippen LogP contribution in [0.3, 0.4) is 0 Å². The molecule has 2 heterocycles. The van der Waals surface area contributed by atoms with Crippen molar-refractivity contribution in [1.29, 1.82) is 0 Å². The number of nitrogens with one attached hydrogen (secondary N) is 1. The number of nitrogens with two attached hydrogens (primary N) is 1. The van der Waals surface area contributed by atoms with Gasteiger partial charge in [0.1, 0.15) is 12.0 Å². The van der Waals surface area contributed by atoms with Crippen molar-refractivity contribution in [3.05, 3.63) is 17.4 Å². The van der Waals surface area contributed by atoms with E-state index in [-0.39, 0.29) is 11.6 Å². The lowest BCUT2D eigenvalue weighted by atomic mass is 10.4. The number of aromatic nitrogens is 4. The molecular formula is C7H8N6OS. The molecule has 0 radical (unpaired) electrons. The first-order valence-electron chi connectivity index (χ1n) is 4.03. The molecule has 3 N–H and O–H groups in total. The van der Waals surface area contributed by atoms with Crippen LogP contribution in [0.5, 0.6) is 0 Å². The number of hydrogen-bond acceptors (Lipinski definition) is 6. The van der Waals surface area contributed by atoms with Crippen LogP contribution in [0.25, 0.3) is 0 Å². The van der Waals surface area contributed by atoms with Crippen LogP contribution in [0.15, 0.2) is 11.7 Å². The van der Waals surface area contributed by atoms with E-state index in [2.05, 4.69) is 20.4 Å². The average molecular weight is 224 g/mol. The van der Waals surface area contributed by atoms with Gasteiger partial charge >= 0.3 is 0 Å². The molecule has 0 aliphatic heterocycles. The number of rotatable bonds is 2. The second-order valence-corrected chi connectivity index (χ2v) is 3.62. The van der Waals surface area contributed by atoms with Crippen LogP contribution in [0, 0.1) is 0 Å². The van der Waals surface area contributed by atoms with Gasteiger partial charge < -0.3 is 5.73 Å². The van der Waals surface area contributed by atoms with Crippen molar-refractivity contribution < 1.29 is 4.79 Å². The van der Waals surface area contributed by atoms with Crippen molar-refractivity contribution in [2.24, 2.45) is 7.05 Å². The van der Waals surface area contributed by atoms with E-state index >= 15 is 0 Å². The van der Waals surface area contributed by atoms with Crippen molar-refractivity contribution >= 4 is 28.3 Å². The summed E-state index contributed by atoms with van der Waals surface area (Å²) in [4.78, 5) is 19.3. The summed E-state index contributed by atoms with van der Waals surface area (Å²) in [7, 11) is 1.68. The number of hydrogen-bond donors (Lipinski definition) is 2. The lowest BCUT2D eigenvalue weighted by molar-refractivity contribution is 0.102. The highest BCUT2D eigenvalue weighted by Crippen LogP contribution is 2.12. The second-order valence-electron chi connectivity index (χ2n) is 2.73. The average Bonchev–Trinajstić information content (AvgIpc) is 2.77. The van der Waals surface area contributed by atoms with Gasteiger partial charge in [0, 0.05) is 12.4 Å². The van der Waals surface area contributed by atoms with Crippen LogP contribution < -0.4 is 11.1 Å². The van der Waals surface area contributed by atoms with Crippen molar-refractivity contribution in [1.82, 2.24) is 19.7 Å². The molecule has 7 nitrogen and oxygen atoms in total. The number of nitrogen functional groups attached to an aromatic ring is 1. The topological polar surface area (TPSA) is 98.7 Å². The Kier molecular flexibility index (Phi) is 2.34. The maximum absolute atomic E-state index is 11.6. The van der Waals surface area contributed by atoms with Gasteiger partial charge in [0.25, 0.3) is 5.91 Å². The molecule has 0 saturated heterocycles. The summed E-state index contributed by atoms with van der Waals surface area (Å²) in [5.41, 5.74) is 5.69. The lowest BCUT2D eigenvalue weighted by Gasteiger charge is -2.00. The minimum Gasteiger partial charge on any atom is -0.375 e. The van der Waals surface area contributed by atoms with Gasteiger partial charge in [-0.15, -0.1) is 11.3 Å². The molecule has 0 spiro atoms. The minimum absolute atomic E-state index is 0.278. The Balaban J connectivity index is 2.14. The highest BCUT2D eigenvalue weighted by atomic mass is 32.1. The molecule has 8 heteroatoms. The van der Waals surface area contributed by atoms with Crippen LogP contribution in [0.2, 0.25) is 0 Å². The zero-order valence-corrected chi connectivity index (χ0v) is 8.65. The molecule has 0 aromatic carbocycles. The monoisotopic (exact) mass is 224 g/mol. The summed E-state index contributed by atoms with van der Waals surface area (Å²) < 4.78 is 1.45. The summed E-state index contributed by atoms with van der Waals surface area (Å²) in [6.45, 7) is 0. The number of aryl methyl sites for hydroxylation is 1. The Bertz CT molecular complexity index is 489. The number of thiazole rings is 1. The summed E-state index contributed by atoms with van der Waals surface area (Å²) in [5.74, 6) is 0.0191. The number of nitrogens with zero attached hydrogens (tertiary/aromatic N) is 4. The fourth-order valence-electron chi connectivity index (χ4n) is 0.967. The smallest absolute Gasteiger partial charge is 0.277 e. The number of anilines is 2. The number of carbonyl (C=O) groups is 1. The maximum atomic E-state index is 11.6. The van der Waals surface area contributed by atoms with Crippen LogP contribution in [-0.2, 0) is 7.05 Å². The van der Waals surface area contributed by atoms with Crippen molar-refractivity contribution in [3.8, 4) is 0 Å². The molecule has 0 saturated carbocycles. The normalized spacial score (nSPS) is 10.2. The third-order valence-corrected chi connectivity index (χ3v) is 2.37. The quantitative estimate of drug-likeness (QED) is 0.754. The third kappa shape index (κ3) is 1.94. The van der Waals surface area contributed by atoms with Crippen molar-refractivity contribution in [3.63, 3.8) is 0 Å². The van der Waals surface area contributed by atoms with Crippen LogP contribution >= 0.6 is 11.3 Å². The Labute approximate surface area is 89.0 Å². The SMILES string of the molecule is Cn1ncnc1NC(=O)c1csc(N)n1. The Morgan fingerprint density at radius 2 is 2.47 bits per heavy atom. The molecule has 2 aromatic rings. The van der Waals surface area contributed by atoms with E-state index < -0.39 is 0 Å². The lowest BCUT2D eigenvalue weighted by Crippen LogP contribution is -2.15. The third-order valence-electron chi connectivity index (χ3n) is 1.69. The first kappa shape index (κ1) is 9.59. The van der Waals surface area contributed by atoms with E-state index in [1.165, 1.54) is 22.3 Å². The molecule has 0 atom stereocenters. The molecule has 0 bridgehead atoms. The van der Waals surface area contributed by atoms with E-state index in [4.69, 9.17) is 5.73 Å². The second kappa shape index (κ2) is 3.65. The first-order chi connectivity index (χ1) is 7.16. The molecule has 1 amide bonds. The van der Waals surface area contributed by atoms with Crippen molar-refractivity contribution in [2.45, 2.75) is 0 Å². The molecule has 2 rings (SSSR count). The van der Waals surface area contributed by atoms with Gasteiger partial charge in [-0.05, 0) is 0 Å². The predicted molar refractivity (Wildman–Crippen MR) is 55.5 cm³/mol. The number of amides is 1. The minimum atomic E-state index is -0.348. The van der Waals surface area contributed by atoms with Gasteiger partial charge in [-0.1, -0.05) is 0 Å². The van der Waals surface area contributed by atoms with Crippen LogP contribution in [0.1, 0.15) is 10.5 Å². The zero-order valence-electron chi connectivity index (χ0n) is 7.84. The van der Waals surface area contributed by atoms with Gasteiger partial charge in [-0.3, -0.25) is 10.1 Å². The highest BCUT2D eigenvalue weighted by molar-refractivity contribution is 7.13. The molecule has 0 fully saturated rings. The highest BCUT2D eigenvalue weighted by Gasteiger charge is 2.11. The summed E-state index contributed by atoms with van der Waals surface area (Å²) >= 11 is 1.21. The summed E-state index contributed by atoms with van der Waals surface area (Å²) in [5, 5.41) is 8.32. The van der Waals surface area contributed by atoms with Crippen LogP contribution in [0.4, 0.5) is 11.1 Å². The standard InChI is InChI=1S/C7H8N6OS/c1-13-7(9-3-10-13)12-5(14)4-2-15-6(8)11-4/h2-3H,1H3,(H2,8,11)(H,9,10,12,14).